The smallest absolute Gasteiger partial charge is 0.225 e. The van der Waals surface area contributed by atoms with Gasteiger partial charge in [0, 0.05) is 19.6 Å². The summed E-state index contributed by atoms with van der Waals surface area (Å²) in [5.74, 6) is 0.165. The molecule has 4 heteroatoms. The first-order chi connectivity index (χ1) is 5.20. The third kappa shape index (κ3) is 2.48. The van der Waals surface area contributed by atoms with E-state index >= 15 is 0 Å². The molecule has 0 spiro atoms. The summed E-state index contributed by atoms with van der Waals surface area (Å²) in [7, 11) is 0. The van der Waals surface area contributed by atoms with Crippen molar-refractivity contribution in [2.45, 2.75) is 13.0 Å². The fourth-order valence-corrected chi connectivity index (χ4v) is 0.867. The molecule has 0 saturated carbocycles. The lowest BCUT2D eigenvalue weighted by Gasteiger charge is -2.25. The first-order valence-corrected chi connectivity index (χ1v) is 3.86. The fraction of sp³-hybridized carbons (Fsp3) is 0.857. The first-order valence-electron chi connectivity index (χ1n) is 3.86. The average Bonchev–Trinajstić information content (AvgIpc) is 1.79. The molecule has 0 aromatic rings. The predicted octanol–water partition coefficient (Wildman–Crippen LogP) is -1.30. The maximum Gasteiger partial charge on any atom is 0.225 e. The SMILES string of the molecule is CC(O)CNC(=O)C1CNC1. The van der Waals surface area contributed by atoms with Crippen molar-refractivity contribution in [1.29, 1.82) is 0 Å². The molecule has 1 aliphatic rings. The third-order valence-electron chi connectivity index (χ3n) is 1.72. The van der Waals surface area contributed by atoms with E-state index in [0.29, 0.717) is 6.54 Å². The van der Waals surface area contributed by atoms with Crippen LogP contribution < -0.4 is 10.6 Å². The second kappa shape index (κ2) is 3.69. The zero-order chi connectivity index (χ0) is 8.27. The number of aliphatic hydroxyl groups is 1. The molecule has 1 atom stereocenters. The Bertz CT molecular complexity index is 143. The molecule has 0 radical (unpaired) electrons. The number of carbonyl (C=O) groups excluding carboxylic acids is 1. The van der Waals surface area contributed by atoms with Crippen LogP contribution in [0.15, 0.2) is 0 Å². The summed E-state index contributed by atoms with van der Waals surface area (Å²) in [6, 6.07) is 0. The minimum absolute atomic E-state index is 0.0460. The summed E-state index contributed by atoms with van der Waals surface area (Å²) in [5.41, 5.74) is 0. The zero-order valence-corrected chi connectivity index (χ0v) is 6.63. The van der Waals surface area contributed by atoms with Crippen LogP contribution in [0.5, 0.6) is 0 Å². The van der Waals surface area contributed by atoms with E-state index in [1.807, 2.05) is 0 Å². The van der Waals surface area contributed by atoms with E-state index < -0.39 is 6.10 Å². The second-order valence-corrected chi connectivity index (χ2v) is 2.95. The van der Waals surface area contributed by atoms with Crippen molar-refractivity contribution in [3.63, 3.8) is 0 Å². The monoisotopic (exact) mass is 158 g/mol. The van der Waals surface area contributed by atoms with E-state index in [-0.39, 0.29) is 11.8 Å². The number of rotatable bonds is 3. The molecule has 1 aliphatic heterocycles. The highest BCUT2D eigenvalue weighted by molar-refractivity contribution is 5.79. The number of carbonyl (C=O) groups is 1. The Morgan fingerprint density at radius 1 is 1.82 bits per heavy atom. The Kier molecular flexibility index (Phi) is 2.84. The fourth-order valence-electron chi connectivity index (χ4n) is 0.867. The summed E-state index contributed by atoms with van der Waals surface area (Å²) in [6.07, 6.45) is -0.452. The van der Waals surface area contributed by atoms with Gasteiger partial charge in [-0.2, -0.15) is 0 Å². The van der Waals surface area contributed by atoms with Gasteiger partial charge < -0.3 is 15.7 Å². The van der Waals surface area contributed by atoms with Crippen molar-refractivity contribution in [3.05, 3.63) is 0 Å². The number of hydrogen-bond donors (Lipinski definition) is 3. The van der Waals surface area contributed by atoms with Gasteiger partial charge in [0.1, 0.15) is 0 Å². The molecule has 0 bridgehead atoms. The molecular formula is C7H14N2O2. The van der Waals surface area contributed by atoms with Crippen LogP contribution >= 0.6 is 0 Å². The molecule has 0 aromatic carbocycles. The molecule has 4 nitrogen and oxygen atoms in total. The van der Waals surface area contributed by atoms with Crippen LogP contribution in [-0.2, 0) is 4.79 Å². The van der Waals surface area contributed by atoms with Crippen molar-refractivity contribution in [2.24, 2.45) is 5.92 Å². The van der Waals surface area contributed by atoms with Gasteiger partial charge in [0.15, 0.2) is 0 Å². The Morgan fingerprint density at radius 2 is 2.45 bits per heavy atom. The van der Waals surface area contributed by atoms with Gasteiger partial charge in [-0.15, -0.1) is 0 Å². The lowest BCUT2D eigenvalue weighted by Crippen LogP contribution is -2.51. The largest absolute Gasteiger partial charge is 0.392 e. The molecule has 0 aliphatic carbocycles. The Hall–Kier alpha value is -0.610. The highest BCUT2D eigenvalue weighted by Crippen LogP contribution is 2.01. The maximum absolute atomic E-state index is 11.1. The van der Waals surface area contributed by atoms with Crippen molar-refractivity contribution >= 4 is 5.91 Å². The molecule has 1 fully saturated rings. The predicted molar refractivity (Wildman–Crippen MR) is 41.1 cm³/mol. The number of amides is 1. The lowest BCUT2D eigenvalue weighted by molar-refractivity contribution is -0.126. The molecule has 64 valence electrons. The topological polar surface area (TPSA) is 61.4 Å². The summed E-state index contributed by atoms with van der Waals surface area (Å²) < 4.78 is 0. The van der Waals surface area contributed by atoms with Gasteiger partial charge in [-0.1, -0.05) is 0 Å². The van der Waals surface area contributed by atoms with Gasteiger partial charge in [0.05, 0.1) is 12.0 Å². The number of hydrogen-bond acceptors (Lipinski definition) is 3. The molecule has 0 aromatic heterocycles. The van der Waals surface area contributed by atoms with Crippen LogP contribution in [0.2, 0.25) is 0 Å². The zero-order valence-electron chi connectivity index (χ0n) is 6.63. The molecule has 1 amide bonds. The standard InChI is InChI=1S/C7H14N2O2/c1-5(10)2-9-7(11)6-3-8-4-6/h5-6,8,10H,2-4H2,1H3,(H,9,11). The first kappa shape index (κ1) is 8.49. The molecule has 1 saturated heterocycles. The van der Waals surface area contributed by atoms with Gasteiger partial charge in [-0.3, -0.25) is 4.79 Å². The van der Waals surface area contributed by atoms with E-state index in [1.165, 1.54) is 0 Å². The van der Waals surface area contributed by atoms with Gasteiger partial charge in [0.2, 0.25) is 5.91 Å². The second-order valence-electron chi connectivity index (χ2n) is 2.95. The molecular weight excluding hydrogens is 144 g/mol. The van der Waals surface area contributed by atoms with Gasteiger partial charge >= 0.3 is 0 Å². The Balaban J connectivity index is 2.10. The quantitative estimate of drug-likeness (QED) is 0.478. The summed E-state index contributed by atoms with van der Waals surface area (Å²) in [4.78, 5) is 11.1. The normalized spacial score (nSPS) is 20.5. The summed E-state index contributed by atoms with van der Waals surface area (Å²) in [5, 5.41) is 14.5. The van der Waals surface area contributed by atoms with Crippen molar-refractivity contribution < 1.29 is 9.90 Å². The van der Waals surface area contributed by atoms with Crippen LogP contribution in [0.25, 0.3) is 0 Å². The Labute approximate surface area is 66.0 Å². The molecule has 11 heavy (non-hydrogen) atoms. The lowest BCUT2D eigenvalue weighted by atomic mass is 10.0. The minimum atomic E-state index is -0.452. The van der Waals surface area contributed by atoms with E-state index in [4.69, 9.17) is 5.11 Å². The third-order valence-corrected chi connectivity index (χ3v) is 1.72. The number of nitrogens with one attached hydrogen (secondary N) is 2. The summed E-state index contributed by atoms with van der Waals surface area (Å²) in [6.45, 7) is 3.55. The molecule has 1 rings (SSSR count). The van der Waals surface area contributed by atoms with Crippen LogP contribution in [0.3, 0.4) is 0 Å². The number of aliphatic hydroxyl groups excluding tert-OH is 1. The van der Waals surface area contributed by atoms with E-state index in [1.54, 1.807) is 6.92 Å². The molecule has 1 unspecified atom stereocenters. The van der Waals surface area contributed by atoms with E-state index in [9.17, 15) is 4.79 Å². The maximum atomic E-state index is 11.1. The van der Waals surface area contributed by atoms with Crippen molar-refractivity contribution in [3.8, 4) is 0 Å². The van der Waals surface area contributed by atoms with Gasteiger partial charge in [-0.25, -0.2) is 0 Å². The van der Waals surface area contributed by atoms with Gasteiger partial charge in [-0.05, 0) is 6.92 Å². The van der Waals surface area contributed by atoms with Crippen molar-refractivity contribution in [2.75, 3.05) is 19.6 Å². The Morgan fingerprint density at radius 3 is 2.82 bits per heavy atom. The van der Waals surface area contributed by atoms with Crippen LogP contribution in [-0.4, -0.2) is 36.8 Å². The highest BCUT2D eigenvalue weighted by atomic mass is 16.3. The van der Waals surface area contributed by atoms with E-state index in [0.717, 1.165) is 13.1 Å². The van der Waals surface area contributed by atoms with Gasteiger partial charge in [0.25, 0.3) is 0 Å². The van der Waals surface area contributed by atoms with Crippen LogP contribution in [0, 0.1) is 5.92 Å². The van der Waals surface area contributed by atoms with Crippen LogP contribution in [0.4, 0.5) is 0 Å². The van der Waals surface area contributed by atoms with E-state index in [2.05, 4.69) is 10.6 Å². The van der Waals surface area contributed by atoms with Crippen LogP contribution in [0.1, 0.15) is 6.92 Å². The molecule has 3 N–H and O–H groups in total. The highest BCUT2D eigenvalue weighted by Gasteiger charge is 2.24. The van der Waals surface area contributed by atoms with Crippen molar-refractivity contribution in [1.82, 2.24) is 10.6 Å². The average molecular weight is 158 g/mol. The minimum Gasteiger partial charge on any atom is -0.392 e. The summed E-state index contributed by atoms with van der Waals surface area (Å²) >= 11 is 0. The molecule has 1 heterocycles.